The van der Waals surface area contributed by atoms with Crippen LogP contribution >= 0.6 is 0 Å². The van der Waals surface area contributed by atoms with E-state index >= 15 is 0 Å². The summed E-state index contributed by atoms with van der Waals surface area (Å²) in [6, 6.07) is 9.98. The molecule has 1 aromatic carbocycles. The number of H-pyrrole nitrogens is 1. The number of hydrogen-bond donors (Lipinski definition) is 2. The van der Waals surface area contributed by atoms with Gasteiger partial charge in [0, 0.05) is 31.9 Å². The van der Waals surface area contributed by atoms with Gasteiger partial charge in [0.15, 0.2) is 0 Å². The van der Waals surface area contributed by atoms with Crippen LogP contribution in [0.15, 0.2) is 36.5 Å². The molecular weight excluding hydrogens is 252 g/mol. The normalized spacial score (nSPS) is 10.3. The molecule has 2 N–H and O–H groups in total. The van der Waals surface area contributed by atoms with Crippen molar-refractivity contribution >= 4 is 11.6 Å². The summed E-state index contributed by atoms with van der Waals surface area (Å²) in [7, 11) is 0. The standard InChI is InChI=1S/C15H20N4O/c1-3-19(12(2)20)11-13-6-4-5-7-15(13)16-10-14-8-9-17-18-14/h4-9,16H,3,10-11H2,1-2H3,(H,17,18). The van der Waals surface area contributed by atoms with Gasteiger partial charge in [-0.05, 0) is 24.6 Å². The number of para-hydroxylation sites is 1. The predicted molar refractivity (Wildman–Crippen MR) is 79.1 cm³/mol. The number of carbonyl (C=O) groups excluding carboxylic acids is 1. The zero-order chi connectivity index (χ0) is 14.4. The van der Waals surface area contributed by atoms with Crippen LogP contribution in [0.25, 0.3) is 0 Å². The lowest BCUT2D eigenvalue weighted by atomic mass is 10.1. The highest BCUT2D eigenvalue weighted by Gasteiger charge is 2.09. The van der Waals surface area contributed by atoms with Crippen LogP contribution in [0.3, 0.4) is 0 Å². The van der Waals surface area contributed by atoms with E-state index in [2.05, 4.69) is 15.5 Å². The average molecular weight is 272 g/mol. The third kappa shape index (κ3) is 3.60. The molecule has 0 aliphatic rings. The summed E-state index contributed by atoms with van der Waals surface area (Å²) in [4.78, 5) is 13.3. The van der Waals surface area contributed by atoms with E-state index < -0.39 is 0 Å². The molecule has 2 aromatic rings. The third-order valence-electron chi connectivity index (χ3n) is 3.23. The Balaban J connectivity index is 2.07. The highest BCUT2D eigenvalue weighted by Crippen LogP contribution is 2.18. The SMILES string of the molecule is CCN(Cc1ccccc1NCc1ccn[nH]1)C(C)=O. The molecule has 0 unspecified atom stereocenters. The van der Waals surface area contributed by atoms with Crippen LogP contribution in [0.4, 0.5) is 5.69 Å². The molecule has 0 spiro atoms. The molecule has 0 bridgehead atoms. The second kappa shape index (κ2) is 6.75. The van der Waals surface area contributed by atoms with E-state index in [0.717, 1.165) is 16.9 Å². The first-order valence-electron chi connectivity index (χ1n) is 6.76. The molecule has 0 radical (unpaired) electrons. The van der Waals surface area contributed by atoms with E-state index in [-0.39, 0.29) is 5.91 Å². The lowest BCUT2D eigenvalue weighted by Gasteiger charge is -2.21. The summed E-state index contributed by atoms with van der Waals surface area (Å²) in [5.74, 6) is 0.0934. The fraction of sp³-hybridized carbons (Fsp3) is 0.333. The van der Waals surface area contributed by atoms with Crippen molar-refractivity contribution < 1.29 is 4.79 Å². The van der Waals surface area contributed by atoms with E-state index in [0.29, 0.717) is 19.6 Å². The van der Waals surface area contributed by atoms with Gasteiger partial charge >= 0.3 is 0 Å². The highest BCUT2D eigenvalue weighted by atomic mass is 16.2. The van der Waals surface area contributed by atoms with Gasteiger partial charge in [0.05, 0.1) is 12.2 Å². The number of anilines is 1. The Morgan fingerprint density at radius 1 is 1.35 bits per heavy atom. The number of benzene rings is 1. The molecule has 1 heterocycles. The summed E-state index contributed by atoms with van der Waals surface area (Å²) >= 11 is 0. The predicted octanol–water partition coefficient (Wildman–Crippen LogP) is 2.39. The molecule has 1 aromatic heterocycles. The van der Waals surface area contributed by atoms with Gasteiger partial charge in [0.2, 0.25) is 5.91 Å². The molecule has 2 rings (SSSR count). The maximum atomic E-state index is 11.5. The van der Waals surface area contributed by atoms with Crippen molar-refractivity contribution in [2.24, 2.45) is 0 Å². The summed E-state index contributed by atoms with van der Waals surface area (Å²) in [5, 5.41) is 10.2. The lowest BCUT2D eigenvalue weighted by molar-refractivity contribution is -0.129. The third-order valence-corrected chi connectivity index (χ3v) is 3.23. The number of hydrogen-bond acceptors (Lipinski definition) is 3. The molecule has 1 amide bonds. The Morgan fingerprint density at radius 2 is 2.15 bits per heavy atom. The van der Waals surface area contributed by atoms with Crippen molar-refractivity contribution in [1.82, 2.24) is 15.1 Å². The monoisotopic (exact) mass is 272 g/mol. The average Bonchev–Trinajstić information content (AvgIpc) is 2.96. The molecule has 0 aliphatic carbocycles. The van der Waals surface area contributed by atoms with Gasteiger partial charge in [-0.1, -0.05) is 18.2 Å². The van der Waals surface area contributed by atoms with Crippen LogP contribution in [-0.2, 0) is 17.9 Å². The van der Waals surface area contributed by atoms with Gasteiger partial charge in [0.25, 0.3) is 0 Å². The molecule has 0 aliphatic heterocycles. The summed E-state index contributed by atoms with van der Waals surface area (Å²) in [6.45, 7) is 5.61. The second-order valence-corrected chi connectivity index (χ2v) is 4.63. The Bertz CT molecular complexity index is 551. The molecule has 5 heteroatoms. The molecule has 0 saturated heterocycles. The van der Waals surface area contributed by atoms with E-state index in [1.54, 1.807) is 13.1 Å². The fourth-order valence-electron chi connectivity index (χ4n) is 2.06. The topological polar surface area (TPSA) is 61.0 Å². The Kier molecular flexibility index (Phi) is 4.76. The largest absolute Gasteiger partial charge is 0.379 e. The summed E-state index contributed by atoms with van der Waals surface area (Å²) in [5.41, 5.74) is 3.18. The lowest BCUT2D eigenvalue weighted by Crippen LogP contribution is -2.28. The fourth-order valence-corrected chi connectivity index (χ4v) is 2.06. The number of aromatic nitrogens is 2. The van der Waals surface area contributed by atoms with Crippen LogP contribution in [0, 0.1) is 0 Å². The number of nitrogens with one attached hydrogen (secondary N) is 2. The quantitative estimate of drug-likeness (QED) is 0.848. The summed E-state index contributed by atoms with van der Waals surface area (Å²) in [6.07, 6.45) is 1.73. The molecule has 20 heavy (non-hydrogen) atoms. The zero-order valence-electron chi connectivity index (χ0n) is 11.9. The van der Waals surface area contributed by atoms with Gasteiger partial charge in [-0.2, -0.15) is 5.10 Å². The maximum absolute atomic E-state index is 11.5. The molecule has 5 nitrogen and oxygen atoms in total. The minimum absolute atomic E-state index is 0.0934. The first kappa shape index (κ1) is 14.1. The van der Waals surface area contributed by atoms with Crippen molar-refractivity contribution in [3.63, 3.8) is 0 Å². The Hall–Kier alpha value is -2.30. The van der Waals surface area contributed by atoms with Crippen molar-refractivity contribution in [1.29, 1.82) is 0 Å². The van der Waals surface area contributed by atoms with Crippen LogP contribution in [-0.4, -0.2) is 27.5 Å². The second-order valence-electron chi connectivity index (χ2n) is 4.63. The van der Waals surface area contributed by atoms with Crippen molar-refractivity contribution in [2.45, 2.75) is 26.9 Å². The number of rotatable bonds is 6. The minimum atomic E-state index is 0.0934. The van der Waals surface area contributed by atoms with Crippen LogP contribution in [0.1, 0.15) is 25.1 Å². The number of nitrogens with zero attached hydrogens (tertiary/aromatic N) is 2. The van der Waals surface area contributed by atoms with Gasteiger partial charge < -0.3 is 10.2 Å². The van der Waals surface area contributed by atoms with E-state index in [1.165, 1.54) is 0 Å². The van der Waals surface area contributed by atoms with Crippen molar-refractivity contribution in [3.05, 3.63) is 47.8 Å². The van der Waals surface area contributed by atoms with Crippen molar-refractivity contribution in [2.75, 3.05) is 11.9 Å². The molecule has 106 valence electrons. The number of aromatic amines is 1. The van der Waals surface area contributed by atoms with E-state index in [1.807, 2.05) is 42.2 Å². The number of amides is 1. The maximum Gasteiger partial charge on any atom is 0.219 e. The molecule has 0 fully saturated rings. The van der Waals surface area contributed by atoms with E-state index in [9.17, 15) is 4.79 Å². The van der Waals surface area contributed by atoms with Gasteiger partial charge in [-0.25, -0.2) is 0 Å². The van der Waals surface area contributed by atoms with Gasteiger partial charge in [-0.15, -0.1) is 0 Å². The van der Waals surface area contributed by atoms with Gasteiger partial charge in [0.1, 0.15) is 0 Å². The molecule has 0 saturated carbocycles. The first-order valence-corrected chi connectivity index (χ1v) is 6.76. The Morgan fingerprint density at radius 3 is 2.80 bits per heavy atom. The van der Waals surface area contributed by atoms with Gasteiger partial charge in [-0.3, -0.25) is 9.89 Å². The molecule has 0 atom stereocenters. The molecular formula is C15H20N4O. The van der Waals surface area contributed by atoms with E-state index in [4.69, 9.17) is 0 Å². The van der Waals surface area contributed by atoms with Crippen molar-refractivity contribution in [3.8, 4) is 0 Å². The smallest absolute Gasteiger partial charge is 0.219 e. The van der Waals surface area contributed by atoms with Crippen LogP contribution in [0.2, 0.25) is 0 Å². The first-order chi connectivity index (χ1) is 9.70. The zero-order valence-corrected chi connectivity index (χ0v) is 11.9. The highest BCUT2D eigenvalue weighted by molar-refractivity contribution is 5.73. The number of carbonyl (C=O) groups is 1. The Labute approximate surface area is 119 Å². The van der Waals surface area contributed by atoms with Crippen LogP contribution in [0.5, 0.6) is 0 Å². The minimum Gasteiger partial charge on any atom is -0.379 e. The summed E-state index contributed by atoms with van der Waals surface area (Å²) < 4.78 is 0. The van der Waals surface area contributed by atoms with Crippen LogP contribution < -0.4 is 5.32 Å².